The first kappa shape index (κ1) is 20.4. The van der Waals surface area contributed by atoms with Crippen LogP contribution in [0.5, 0.6) is 0 Å². The molecule has 4 aliphatic heterocycles. The van der Waals surface area contributed by atoms with Crippen molar-refractivity contribution in [3.8, 4) is 0 Å². The Morgan fingerprint density at radius 1 is 1.06 bits per heavy atom. The number of piperidine rings is 4. The molecule has 1 N–H and O–H groups in total. The minimum atomic E-state index is -0.0484. The summed E-state index contributed by atoms with van der Waals surface area (Å²) in [5, 5.41) is 3.12. The number of amides is 4. The van der Waals surface area contributed by atoms with Crippen LogP contribution in [0.2, 0.25) is 0 Å². The highest BCUT2D eigenvalue weighted by Crippen LogP contribution is 2.38. The molecule has 4 fully saturated rings. The summed E-state index contributed by atoms with van der Waals surface area (Å²) >= 11 is 0. The van der Waals surface area contributed by atoms with Crippen LogP contribution < -0.4 is 5.32 Å². The first-order chi connectivity index (χ1) is 15.0. The fraction of sp³-hybridized carbons (Fsp3) is 0.696. The van der Waals surface area contributed by atoms with E-state index in [1.165, 1.54) is 0 Å². The third kappa shape index (κ3) is 3.92. The van der Waals surface area contributed by atoms with E-state index < -0.39 is 0 Å². The molecule has 0 saturated carbocycles. The molecule has 0 aromatic carbocycles. The fourth-order valence-electron chi connectivity index (χ4n) is 6.14. The largest absolute Gasteiger partial charge is 0.348 e. The number of likely N-dealkylation sites (tertiary alicyclic amines) is 2. The molecule has 8 nitrogen and oxygen atoms in total. The van der Waals surface area contributed by atoms with Crippen LogP contribution in [0.3, 0.4) is 0 Å². The Kier molecular flexibility index (Phi) is 5.40. The van der Waals surface area contributed by atoms with Crippen molar-refractivity contribution < 1.29 is 14.4 Å². The Balaban J connectivity index is 1.15. The molecule has 0 aliphatic carbocycles. The Morgan fingerprint density at radius 3 is 2.61 bits per heavy atom. The molecule has 4 aliphatic rings. The average molecular weight is 428 g/mol. The van der Waals surface area contributed by atoms with Crippen molar-refractivity contribution in [2.45, 2.75) is 50.6 Å². The van der Waals surface area contributed by atoms with Gasteiger partial charge in [-0.15, -0.1) is 0 Å². The summed E-state index contributed by atoms with van der Waals surface area (Å²) in [5.74, 6) is 1.09. The van der Waals surface area contributed by atoms with Crippen LogP contribution in [0.15, 0.2) is 18.3 Å². The van der Waals surface area contributed by atoms with Crippen LogP contribution >= 0.6 is 0 Å². The summed E-state index contributed by atoms with van der Waals surface area (Å²) in [7, 11) is 1.87. The van der Waals surface area contributed by atoms with Crippen LogP contribution in [0, 0.1) is 11.8 Å². The second-order valence-corrected chi connectivity index (χ2v) is 9.79. The van der Waals surface area contributed by atoms with Gasteiger partial charge in [0.2, 0.25) is 5.91 Å². The number of aromatic nitrogens is 1. The van der Waals surface area contributed by atoms with Gasteiger partial charge in [0.05, 0.1) is 0 Å². The Morgan fingerprint density at radius 2 is 1.87 bits per heavy atom. The van der Waals surface area contributed by atoms with Gasteiger partial charge < -0.3 is 24.6 Å². The molecule has 4 amide bonds. The highest BCUT2D eigenvalue weighted by molar-refractivity contribution is 5.92. The monoisotopic (exact) mass is 427 g/mol. The van der Waals surface area contributed by atoms with Gasteiger partial charge in [-0.3, -0.25) is 9.59 Å². The number of carbonyl (C=O) groups excluding carboxylic acids is 3. The number of fused-ring (bicyclic) bond motifs is 4. The molecule has 3 atom stereocenters. The van der Waals surface area contributed by atoms with Crippen molar-refractivity contribution in [1.29, 1.82) is 0 Å². The number of urea groups is 1. The third-order valence-electron chi connectivity index (χ3n) is 7.73. The molecule has 31 heavy (non-hydrogen) atoms. The lowest BCUT2D eigenvalue weighted by Crippen LogP contribution is -2.62. The maximum atomic E-state index is 13.2. The molecule has 1 aromatic rings. The van der Waals surface area contributed by atoms with Crippen molar-refractivity contribution in [1.82, 2.24) is 24.6 Å². The second-order valence-electron chi connectivity index (χ2n) is 9.79. The topological polar surface area (TPSA) is 77.9 Å². The summed E-state index contributed by atoms with van der Waals surface area (Å²) < 4.78 is 1.82. The lowest BCUT2D eigenvalue weighted by atomic mass is 9.76. The van der Waals surface area contributed by atoms with Gasteiger partial charge in [0, 0.05) is 64.5 Å². The average Bonchev–Trinajstić information content (AvgIpc) is 3.20. The summed E-state index contributed by atoms with van der Waals surface area (Å²) in [6.07, 6.45) is 7.34. The standard InChI is InChI=1S/C23H33N5O3/c1-25-9-3-5-20(25)22(30)24-18-7-10-26(11-8-18)23(31)27-13-16-12-17(15-27)19-4-2-6-21(29)28(19)14-16/h3,5,9,16-19H,2,4,6-8,10-15H2,1H3,(H,24,30)/t16?,17?,19-/m1/s1. The molecule has 2 bridgehead atoms. The molecular weight excluding hydrogens is 394 g/mol. The zero-order valence-electron chi connectivity index (χ0n) is 18.3. The highest BCUT2D eigenvalue weighted by atomic mass is 16.2. The smallest absolute Gasteiger partial charge is 0.320 e. The number of carbonyl (C=O) groups is 3. The minimum absolute atomic E-state index is 0.0484. The van der Waals surface area contributed by atoms with Crippen molar-refractivity contribution in [2.24, 2.45) is 18.9 Å². The molecule has 8 heteroatoms. The number of aryl methyl sites for hydroxylation is 1. The number of nitrogens with zero attached hydrogens (tertiary/aromatic N) is 4. The maximum Gasteiger partial charge on any atom is 0.320 e. The fourth-order valence-corrected chi connectivity index (χ4v) is 6.14. The van der Waals surface area contributed by atoms with E-state index in [2.05, 4.69) is 10.2 Å². The highest BCUT2D eigenvalue weighted by Gasteiger charge is 2.45. The molecule has 1 aromatic heterocycles. The predicted octanol–water partition coefficient (Wildman–Crippen LogP) is 1.67. The first-order valence-electron chi connectivity index (χ1n) is 11.7. The lowest BCUT2D eigenvalue weighted by molar-refractivity contribution is -0.144. The van der Waals surface area contributed by atoms with E-state index in [0.29, 0.717) is 49.0 Å². The molecular formula is C23H33N5O3. The zero-order chi connectivity index (χ0) is 21.5. The molecule has 2 unspecified atom stereocenters. The van der Waals surface area contributed by atoms with E-state index in [0.717, 1.165) is 51.7 Å². The molecule has 5 rings (SSSR count). The molecule has 0 radical (unpaired) electrons. The third-order valence-corrected chi connectivity index (χ3v) is 7.73. The van der Waals surface area contributed by atoms with Crippen molar-refractivity contribution in [2.75, 3.05) is 32.7 Å². The van der Waals surface area contributed by atoms with Gasteiger partial charge in [0.25, 0.3) is 5.91 Å². The summed E-state index contributed by atoms with van der Waals surface area (Å²) in [4.78, 5) is 44.1. The Bertz CT molecular complexity index is 859. The maximum absolute atomic E-state index is 13.2. The van der Waals surface area contributed by atoms with Gasteiger partial charge >= 0.3 is 6.03 Å². The van der Waals surface area contributed by atoms with E-state index in [9.17, 15) is 14.4 Å². The summed E-state index contributed by atoms with van der Waals surface area (Å²) in [5.41, 5.74) is 0.661. The van der Waals surface area contributed by atoms with Crippen molar-refractivity contribution in [3.05, 3.63) is 24.0 Å². The summed E-state index contributed by atoms with van der Waals surface area (Å²) in [6, 6.07) is 4.26. The van der Waals surface area contributed by atoms with Gasteiger partial charge in [0.1, 0.15) is 5.69 Å². The van der Waals surface area contributed by atoms with Crippen LogP contribution in [-0.2, 0) is 11.8 Å². The van der Waals surface area contributed by atoms with Crippen molar-refractivity contribution >= 4 is 17.8 Å². The molecule has 5 heterocycles. The number of rotatable bonds is 2. The zero-order valence-corrected chi connectivity index (χ0v) is 18.3. The van der Waals surface area contributed by atoms with E-state index in [4.69, 9.17) is 0 Å². The van der Waals surface area contributed by atoms with Crippen LogP contribution in [0.4, 0.5) is 4.79 Å². The van der Waals surface area contributed by atoms with E-state index in [1.807, 2.05) is 39.7 Å². The van der Waals surface area contributed by atoms with E-state index in [-0.39, 0.29) is 18.0 Å². The van der Waals surface area contributed by atoms with Gasteiger partial charge in [-0.25, -0.2) is 4.79 Å². The molecule has 4 saturated heterocycles. The van der Waals surface area contributed by atoms with Gasteiger partial charge in [-0.05, 0) is 56.1 Å². The van der Waals surface area contributed by atoms with Crippen LogP contribution in [0.25, 0.3) is 0 Å². The predicted molar refractivity (Wildman–Crippen MR) is 115 cm³/mol. The van der Waals surface area contributed by atoms with Gasteiger partial charge in [0.15, 0.2) is 0 Å². The number of nitrogens with one attached hydrogen (secondary N) is 1. The van der Waals surface area contributed by atoms with Gasteiger partial charge in [-0.1, -0.05) is 0 Å². The number of hydrogen-bond acceptors (Lipinski definition) is 3. The first-order valence-corrected chi connectivity index (χ1v) is 11.7. The normalized spacial score (nSPS) is 29.0. The lowest BCUT2D eigenvalue weighted by Gasteiger charge is -2.53. The Hall–Kier alpha value is -2.51. The second kappa shape index (κ2) is 8.20. The van der Waals surface area contributed by atoms with Crippen LogP contribution in [-0.4, -0.2) is 81.9 Å². The quantitative estimate of drug-likeness (QED) is 0.780. The SMILES string of the molecule is Cn1cccc1C(=O)NC1CCN(C(=O)N2CC3CC(C2)[C@H]2CCCC(=O)N2C3)CC1. The number of hydrogen-bond donors (Lipinski definition) is 1. The van der Waals surface area contributed by atoms with Gasteiger partial charge in [-0.2, -0.15) is 0 Å². The minimum Gasteiger partial charge on any atom is -0.348 e. The van der Waals surface area contributed by atoms with Crippen molar-refractivity contribution in [3.63, 3.8) is 0 Å². The molecule has 168 valence electrons. The van der Waals surface area contributed by atoms with Crippen LogP contribution in [0.1, 0.15) is 49.0 Å². The van der Waals surface area contributed by atoms with E-state index >= 15 is 0 Å². The van der Waals surface area contributed by atoms with E-state index in [1.54, 1.807) is 0 Å². The molecule has 0 spiro atoms. The summed E-state index contributed by atoms with van der Waals surface area (Å²) in [6.45, 7) is 3.70. The Labute approximate surface area is 183 Å².